The van der Waals surface area contributed by atoms with Crippen LogP contribution in [-0.4, -0.2) is 18.5 Å². The molecule has 1 amide bonds. The van der Waals surface area contributed by atoms with E-state index in [4.69, 9.17) is 0 Å². The Balaban J connectivity index is 1.60. The number of carbonyl (C=O) groups excluding carboxylic acids is 1. The van der Waals surface area contributed by atoms with Crippen LogP contribution in [0.2, 0.25) is 0 Å². The van der Waals surface area contributed by atoms with Gasteiger partial charge in [-0.05, 0) is 36.8 Å². The molecule has 0 bridgehead atoms. The molecule has 0 radical (unpaired) electrons. The highest BCUT2D eigenvalue weighted by Crippen LogP contribution is 2.28. The molecule has 1 aliphatic carbocycles. The first kappa shape index (κ1) is 11.6. The number of benzene rings is 1. The molecule has 0 aromatic heterocycles. The Hall–Kier alpha value is -1.51. The fourth-order valence-corrected chi connectivity index (χ4v) is 2.97. The van der Waals surface area contributed by atoms with E-state index in [9.17, 15) is 4.79 Å². The van der Waals surface area contributed by atoms with Gasteiger partial charge in [-0.2, -0.15) is 0 Å². The van der Waals surface area contributed by atoms with Gasteiger partial charge in [0.25, 0.3) is 0 Å². The van der Waals surface area contributed by atoms with Crippen LogP contribution >= 0.6 is 0 Å². The summed E-state index contributed by atoms with van der Waals surface area (Å²) in [6, 6.07) is 8.67. The van der Waals surface area contributed by atoms with Crippen LogP contribution in [0.1, 0.15) is 25.3 Å². The van der Waals surface area contributed by atoms with E-state index < -0.39 is 0 Å². The lowest BCUT2D eigenvalue weighted by Crippen LogP contribution is -2.48. The molecule has 18 heavy (non-hydrogen) atoms. The van der Waals surface area contributed by atoms with Crippen molar-refractivity contribution in [3.63, 3.8) is 0 Å². The van der Waals surface area contributed by atoms with Crippen LogP contribution in [0.4, 0.5) is 5.69 Å². The first-order valence-electron chi connectivity index (χ1n) is 6.84. The third-order valence-corrected chi connectivity index (χ3v) is 4.11. The number of nitrogens with one attached hydrogen (secondary N) is 2. The molecular weight excluding hydrogens is 224 g/mol. The van der Waals surface area contributed by atoms with Gasteiger partial charge in [-0.3, -0.25) is 4.79 Å². The normalized spacial score (nSPS) is 29.7. The van der Waals surface area contributed by atoms with Crippen LogP contribution in [0.15, 0.2) is 24.3 Å². The second-order valence-corrected chi connectivity index (χ2v) is 5.72. The van der Waals surface area contributed by atoms with Crippen LogP contribution < -0.4 is 10.6 Å². The molecule has 2 aliphatic rings. The Morgan fingerprint density at radius 2 is 2.11 bits per heavy atom. The summed E-state index contributed by atoms with van der Waals surface area (Å²) in [5, 5.41) is 6.52. The molecule has 2 N–H and O–H groups in total. The average Bonchev–Trinajstić information content (AvgIpc) is 2.36. The van der Waals surface area contributed by atoms with E-state index in [0.29, 0.717) is 6.04 Å². The number of hydrogen-bond donors (Lipinski definition) is 2. The molecule has 1 atom stereocenters. The van der Waals surface area contributed by atoms with E-state index in [0.717, 1.165) is 31.7 Å². The third-order valence-electron chi connectivity index (χ3n) is 4.11. The maximum atomic E-state index is 12.2. The highest BCUT2D eigenvalue weighted by Gasteiger charge is 2.30. The summed E-state index contributed by atoms with van der Waals surface area (Å²) in [6.45, 7) is 2.99. The maximum Gasteiger partial charge on any atom is 0.225 e. The largest absolute Gasteiger partial charge is 0.384 e. The third kappa shape index (κ3) is 2.22. The molecule has 3 nitrogen and oxygen atoms in total. The highest BCUT2D eigenvalue weighted by atomic mass is 16.2. The molecule has 96 valence electrons. The predicted molar refractivity (Wildman–Crippen MR) is 72.5 cm³/mol. The van der Waals surface area contributed by atoms with Gasteiger partial charge in [0.05, 0.1) is 5.92 Å². The number of rotatable bonds is 2. The van der Waals surface area contributed by atoms with Gasteiger partial charge in [0.15, 0.2) is 0 Å². The zero-order valence-corrected chi connectivity index (χ0v) is 10.8. The fraction of sp³-hybridized carbons (Fsp3) is 0.533. The summed E-state index contributed by atoms with van der Waals surface area (Å²) in [6.07, 6.45) is 3.14. The predicted octanol–water partition coefficient (Wildman–Crippen LogP) is 2.19. The second-order valence-electron chi connectivity index (χ2n) is 5.72. The SMILES string of the molecule is CC1CC(NC(=O)C2CNc3ccccc3C2)C1. The fourth-order valence-electron chi connectivity index (χ4n) is 2.97. The molecule has 1 heterocycles. The summed E-state index contributed by atoms with van der Waals surface area (Å²) in [5.41, 5.74) is 2.43. The zero-order chi connectivity index (χ0) is 12.5. The molecule has 0 spiro atoms. The number of amides is 1. The number of para-hydroxylation sites is 1. The van der Waals surface area contributed by atoms with Crippen molar-refractivity contribution >= 4 is 11.6 Å². The van der Waals surface area contributed by atoms with Crippen LogP contribution in [0.5, 0.6) is 0 Å². The Morgan fingerprint density at radius 1 is 1.33 bits per heavy atom. The van der Waals surface area contributed by atoms with Gasteiger partial charge < -0.3 is 10.6 Å². The molecule has 3 heteroatoms. The molecule has 1 saturated carbocycles. The second kappa shape index (κ2) is 4.63. The lowest BCUT2D eigenvalue weighted by molar-refractivity contribution is -0.126. The minimum Gasteiger partial charge on any atom is -0.384 e. The summed E-state index contributed by atoms with van der Waals surface area (Å²) in [4.78, 5) is 12.2. The lowest BCUT2D eigenvalue weighted by Gasteiger charge is -2.35. The molecular formula is C15H20N2O. The molecule has 3 rings (SSSR count). The van der Waals surface area contributed by atoms with E-state index in [1.165, 1.54) is 11.3 Å². The van der Waals surface area contributed by atoms with Crippen molar-refractivity contribution in [1.29, 1.82) is 0 Å². The van der Waals surface area contributed by atoms with Crippen molar-refractivity contribution in [3.05, 3.63) is 29.8 Å². The van der Waals surface area contributed by atoms with Gasteiger partial charge in [-0.1, -0.05) is 25.1 Å². The number of fused-ring (bicyclic) bond motifs is 1. The van der Waals surface area contributed by atoms with E-state index in [-0.39, 0.29) is 11.8 Å². The van der Waals surface area contributed by atoms with Gasteiger partial charge >= 0.3 is 0 Å². The Kier molecular flexibility index (Phi) is 2.98. The highest BCUT2D eigenvalue weighted by molar-refractivity contribution is 5.81. The molecule has 1 aliphatic heterocycles. The summed E-state index contributed by atoms with van der Waals surface area (Å²) in [5.74, 6) is 1.07. The molecule has 1 unspecified atom stereocenters. The standard InChI is InChI=1S/C15H20N2O/c1-10-6-13(7-10)17-15(18)12-8-11-4-2-3-5-14(11)16-9-12/h2-5,10,12-13,16H,6-9H2,1H3,(H,17,18). The Morgan fingerprint density at radius 3 is 2.89 bits per heavy atom. The molecule has 1 aromatic rings. The van der Waals surface area contributed by atoms with Gasteiger partial charge in [0.1, 0.15) is 0 Å². The van der Waals surface area contributed by atoms with Crippen molar-refractivity contribution in [1.82, 2.24) is 5.32 Å². The number of anilines is 1. The summed E-state index contributed by atoms with van der Waals surface area (Å²) < 4.78 is 0. The van der Waals surface area contributed by atoms with Crippen molar-refractivity contribution in [2.45, 2.75) is 32.2 Å². The van der Waals surface area contributed by atoms with Crippen molar-refractivity contribution < 1.29 is 4.79 Å². The van der Waals surface area contributed by atoms with Crippen LogP contribution in [0.25, 0.3) is 0 Å². The Bertz CT molecular complexity index is 452. The van der Waals surface area contributed by atoms with Crippen molar-refractivity contribution in [3.8, 4) is 0 Å². The van der Waals surface area contributed by atoms with Crippen LogP contribution in [0.3, 0.4) is 0 Å². The molecule has 1 fully saturated rings. The quantitative estimate of drug-likeness (QED) is 0.837. The number of hydrogen-bond acceptors (Lipinski definition) is 2. The summed E-state index contributed by atoms with van der Waals surface area (Å²) >= 11 is 0. The van der Waals surface area contributed by atoms with Gasteiger partial charge in [0.2, 0.25) is 5.91 Å². The van der Waals surface area contributed by atoms with E-state index >= 15 is 0 Å². The van der Waals surface area contributed by atoms with Gasteiger partial charge in [-0.25, -0.2) is 0 Å². The van der Waals surface area contributed by atoms with Crippen LogP contribution in [0, 0.1) is 11.8 Å². The average molecular weight is 244 g/mol. The smallest absolute Gasteiger partial charge is 0.225 e. The Labute approximate surface area is 108 Å². The van der Waals surface area contributed by atoms with Crippen molar-refractivity contribution in [2.24, 2.45) is 11.8 Å². The summed E-state index contributed by atoms with van der Waals surface area (Å²) in [7, 11) is 0. The maximum absolute atomic E-state index is 12.2. The molecule has 0 saturated heterocycles. The zero-order valence-electron chi connectivity index (χ0n) is 10.8. The van der Waals surface area contributed by atoms with Gasteiger partial charge in [0, 0.05) is 18.3 Å². The minimum absolute atomic E-state index is 0.0795. The first-order valence-corrected chi connectivity index (χ1v) is 6.84. The van der Waals surface area contributed by atoms with E-state index in [2.05, 4.69) is 29.7 Å². The van der Waals surface area contributed by atoms with Crippen molar-refractivity contribution in [2.75, 3.05) is 11.9 Å². The minimum atomic E-state index is 0.0795. The monoisotopic (exact) mass is 244 g/mol. The van der Waals surface area contributed by atoms with Gasteiger partial charge in [-0.15, -0.1) is 0 Å². The first-order chi connectivity index (χ1) is 8.72. The lowest BCUT2D eigenvalue weighted by atomic mass is 9.81. The van der Waals surface area contributed by atoms with Crippen LogP contribution in [-0.2, 0) is 11.2 Å². The van der Waals surface area contributed by atoms with E-state index in [1.807, 2.05) is 12.1 Å². The van der Waals surface area contributed by atoms with E-state index in [1.54, 1.807) is 0 Å². The number of carbonyl (C=O) groups is 1. The topological polar surface area (TPSA) is 41.1 Å². The molecule has 1 aromatic carbocycles.